The zero-order valence-corrected chi connectivity index (χ0v) is 17.9. The number of ether oxygens (including phenoxy) is 1. The Balaban J connectivity index is 1.58. The maximum Gasteiger partial charge on any atom is 0.260 e. The minimum absolute atomic E-state index is 0.0310. The van der Waals surface area contributed by atoms with Crippen molar-refractivity contribution in [3.8, 4) is 0 Å². The Hall–Kier alpha value is -2.28. The lowest BCUT2D eigenvalue weighted by Gasteiger charge is -2.28. The van der Waals surface area contributed by atoms with Gasteiger partial charge in [-0.2, -0.15) is 0 Å². The summed E-state index contributed by atoms with van der Waals surface area (Å²) in [5.41, 5.74) is 3.87. The summed E-state index contributed by atoms with van der Waals surface area (Å²) in [5, 5.41) is 0.776. The highest BCUT2D eigenvalue weighted by Crippen LogP contribution is 2.30. The van der Waals surface area contributed by atoms with Crippen molar-refractivity contribution in [1.82, 2.24) is 9.88 Å². The number of anilines is 1. The van der Waals surface area contributed by atoms with E-state index in [0.717, 1.165) is 71.3 Å². The Morgan fingerprint density at radius 3 is 2.72 bits per heavy atom. The summed E-state index contributed by atoms with van der Waals surface area (Å²) in [7, 11) is 0. The van der Waals surface area contributed by atoms with Crippen molar-refractivity contribution in [2.24, 2.45) is 0 Å². The first-order valence-corrected chi connectivity index (χ1v) is 11.0. The van der Waals surface area contributed by atoms with Gasteiger partial charge >= 0.3 is 0 Å². The normalized spacial score (nSPS) is 15.0. The van der Waals surface area contributed by atoms with Crippen molar-refractivity contribution < 1.29 is 9.53 Å². The van der Waals surface area contributed by atoms with E-state index in [9.17, 15) is 4.79 Å². The Morgan fingerprint density at radius 2 is 1.97 bits per heavy atom. The van der Waals surface area contributed by atoms with Gasteiger partial charge in [-0.25, -0.2) is 4.98 Å². The van der Waals surface area contributed by atoms with Crippen LogP contribution in [0.3, 0.4) is 0 Å². The van der Waals surface area contributed by atoms with Crippen LogP contribution in [0.1, 0.15) is 27.9 Å². The molecule has 5 nitrogen and oxygen atoms in total. The minimum atomic E-state index is 0.0310. The lowest BCUT2D eigenvalue weighted by atomic mass is 10.0. The summed E-state index contributed by atoms with van der Waals surface area (Å²) in [6, 6.07) is 14.1. The second-order valence-corrected chi connectivity index (χ2v) is 8.56. The molecule has 1 aliphatic rings. The van der Waals surface area contributed by atoms with Gasteiger partial charge in [0.1, 0.15) is 0 Å². The van der Waals surface area contributed by atoms with Crippen LogP contribution in [-0.4, -0.2) is 55.2 Å². The molecular formula is C23H27N3O2S. The van der Waals surface area contributed by atoms with Gasteiger partial charge in [0.25, 0.3) is 5.91 Å². The summed E-state index contributed by atoms with van der Waals surface area (Å²) >= 11 is 1.58. The molecule has 0 unspecified atom stereocenters. The van der Waals surface area contributed by atoms with E-state index in [2.05, 4.69) is 24.0 Å². The molecule has 2 heterocycles. The molecule has 1 aliphatic heterocycles. The molecule has 0 aliphatic carbocycles. The number of amides is 1. The number of morpholine rings is 1. The molecule has 0 spiro atoms. The van der Waals surface area contributed by atoms with Crippen LogP contribution in [0, 0.1) is 13.8 Å². The van der Waals surface area contributed by atoms with E-state index in [0.29, 0.717) is 6.54 Å². The smallest absolute Gasteiger partial charge is 0.260 e. The lowest BCUT2D eigenvalue weighted by Crippen LogP contribution is -2.39. The molecule has 29 heavy (non-hydrogen) atoms. The zero-order chi connectivity index (χ0) is 20.2. The van der Waals surface area contributed by atoms with E-state index in [1.165, 1.54) is 0 Å². The van der Waals surface area contributed by atoms with Crippen molar-refractivity contribution >= 4 is 32.6 Å². The van der Waals surface area contributed by atoms with Gasteiger partial charge in [-0.15, -0.1) is 0 Å². The first kappa shape index (κ1) is 20.0. The van der Waals surface area contributed by atoms with Gasteiger partial charge < -0.3 is 4.74 Å². The summed E-state index contributed by atoms with van der Waals surface area (Å²) in [6.45, 7) is 9.19. The van der Waals surface area contributed by atoms with Gasteiger partial charge in [0, 0.05) is 31.7 Å². The number of para-hydroxylation sites is 1. The molecule has 1 amide bonds. The Kier molecular flexibility index (Phi) is 6.23. The molecular weight excluding hydrogens is 382 g/mol. The fraction of sp³-hybridized carbons (Fsp3) is 0.391. The Labute approximate surface area is 175 Å². The highest BCUT2D eigenvalue weighted by Gasteiger charge is 2.23. The standard InChI is InChI=1S/C23H27N3O2S/c1-17-8-9-19(18(2)16-17)22(27)26(11-5-10-25-12-14-28-15-13-25)23-24-20-6-3-4-7-21(20)29-23/h3-4,6-9,16H,5,10-15H2,1-2H3. The van der Waals surface area contributed by atoms with E-state index < -0.39 is 0 Å². The van der Waals surface area contributed by atoms with Gasteiger partial charge in [-0.3, -0.25) is 14.6 Å². The summed E-state index contributed by atoms with van der Waals surface area (Å²) in [5.74, 6) is 0.0310. The third-order valence-electron chi connectivity index (χ3n) is 5.33. The average Bonchev–Trinajstić information content (AvgIpc) is 3.15. The first-order chi connectivity index (χ1) is 14.1. The molecule has 6 heteroatoms. The maximum absolute atomic E-state index is 13.5. The fourth-order valence-electron chi connectivity index (χ4n) is 3.74. The predicted octanol–water partition coefficient (Wildman–Crippen LogP) is 4.28. The van der Waals surface area contributed by atoms with Crippen LogP contribution in [0.5, 0.6) is 0 Å². The number of hydrogen-bond acceptors (Lipinski definition) is 5. The quantitative estimate of drug-likeness (QED) is 0.610. The zero-order valence-electron chi connectivity index (χ0n) is 17.1. The van der Waals surface area contributed by atoms with Crippen LogP contribution < -0.4 is 4.90 Å². The van der Waals surface area contributed by atoms with Crippen LogP contribution in [0.25, 0.3) is 10.2 Å². The molecule has 0 radical (unpaired) electrons. The van der Waals surface area contributed by atoms with Gasteiger partial charge in [-0.1, -0.05) is 41.2 Å². The highest BCUT2D eigenvalue weighted by molar-refractivity contribution is 7.22. The monoisotopic (exact) mass is 409 g/mol. The van der Waals surface area contributed by atoms with Gasteiger partial charge in [-0.05, 0) is 44.0 Å². The summed E-state index contributed by atoms with van der Waals surface area (Å²) in [6.07, 6.45) is 0.909. The summed E-state index contributed by atoms with van der Waals surface area (Å²) in [4.78, 5) is 22.5. The number of nitrogens with zero attached hydrogens (tertiary/aromatic N) is 3. The molecule has 2 aromatic carbocycles. The molecule has 4 rings (SSSR count). The second-order valence-electron chi connectivity index (χ2n) is 7.55. The van der Waals surface area contributed by atoms with Gasteiger partial charge in [0.15, 0.2) is 5.13 Å². The first-order valence-electron chi connectivity index (χ1n) is 10.2. The number of fused-ring (bicyclic) bond motifs is 1. The molecule has 1 fully saturated rings. The number of thiazole rings is 1. The van der Waals surface area contributed by atoms with Crippen molar-refractivity contribution in [2.75, 3.05) is 44.3 Å². The van der Waals surface area contributed by atoms with E-state index in [4.69, 9.17) is 9.72 Å². The molecule has 3 aromatic rings. The van der Waals surface area contributed by atoms with Crippen molar-refractivity contribution in [2.45, 2.75) is 20.3 Å². The number of carbonyl (C=O) groups is 1. The van der Waals surface area contributed by atoms with Crippen molar-refractivity contribution in [3.63, 3.8) is 0 Å². The van der Waals surface area contributed by atoms with E-state index >= 15 is 0 Å². The third-order valence-corrected chi connectivity index (χ3v) is 6.39. The second kappa shape index (κ2) is 9.03. The van der Waals surface area contributed by atoms with Crippen molar-refractivity contribution in [1.29, 1.82) is 0 Å². The van der Waals surface area contributed by atoms with Crippen LogP contribution >= 0.6 is 11.3 Å². The molecule has 152 valence electrons. The Bertz CT molecular complexity index is 962. The number of hydrogen-bond donors (Lipinski definition) is 0. The average molecular weight is 410 g/mol. The summed E-state index contributed by atoms with van der Waals surface area (Å²) < 4.78 is 6.54. The molecule has 0 atom stereocenters. The maximum atomic E-state index is 13.5. The SMILES string of the molecule is Cc1ccc(C(=O)N(CCCN2CCOCC2)c2nc3ccccc3s2)c(C)c1. The largest absolute Gasteiger partial charge is 0.379 e. The number of carbonyl (C=O) groups excluding carboxylic acids is 1. The molecule has 1 saturated heterocycles. The number of rotatable bonds is 6. The van der Waals surface area contributed by atoms with Gasteiger partial charge in [0.05, 0.1) is 23.4 Å². The van der Waals surface area contributed by atoms with Gasteiger partial charge in [0.2, 0.25) is 0 Å². The Morgan fingerprint density at radius 1 is 1.17 bits per heavy atom. The molecule has 1 aromatic heterocycles. The topological polar surface area (TPSA) is 45.7 Å². The number of aryl methyl sites for hydroxylation is 2. The molecule has 0 saturated carbocycles. The minimum Gasteiger partial charge on any atom is -0.379 e. The predicted molar refractivity (Wildman–Crippen MR) is 119 cm³/mol. The van der Waals surface area contributed by atoms with E-state index in [1.807, 2.05) is 42.2 Å². The third kappa shape index (κ3) is 4.66. The van der Waals surface area contributed by atoms with Crippen LogP contribution in [0.2, 0.25) is 0 Å². The molecule has 0 N–H and O–H groups in total. The number of aromatic nitrogens is 1. The van der Waals surface area contributed by atoms with Crippen LogP contribution in [-0.2, 0) is 4.74 Å². The lowest BCUT2D eigenvalue weighted by molar-refractivity contribution is 0.0376. The van der Waals surface area contributed by atoms with Crippen LogP contribution in [0.4, 0.5) is 5.13 Å². The highest BCUT2D eigenvalue weighted by atomic mass is 32.1. The van der Waals surface area contributed by atoms with Crippen molar-refractivity contribution in [3.05, 3.63) is 59.2 Å². The van der Waals surface area contributed by atoms with E-state index in [1.54, 1.807) is 11.3 Å². The van der Waals surface area contributed by atoms with E-state index in [-0.39, 0.29) is 5.91 Å². The van der Waals surface area contributed by atoms with Crippen LogP contribution in [0.15, 0.2) is 42.5 Å². The molecule has 0 bridgehead atoms. The number of benzene rings is 2. The fourth-order valence-corrected chi connectivity index (χ4v) is 4.73.